The van der Waals surface area contributed by atoms with E-state index in [4.69, 9.17) is 10.5 Å². The van der Waals surface area contributed by atoms with E-state index >= 15 is 0 Å². The number of para-hydroxylation sites is 2. The van der Waals surface area contributed by atoms with Crippen LogP contribution in [0.4, 0.5) is 5.69 Å². The van der Waals surface area contributed by atoms with Crippen molar-refractivity contribution in [2.45, 2.75) is 25.8 Å². The highest BCUT2D eigenvalue weighted by Crippen LogP contribution is 2.33. The lowest BCUT2D eigenvalue weighted by atomic mass is 10.1. The predicted octanol–water partition coefficient (Wildman–Crippen LogP) is 0.998. The number of carbonyl (C=O) groups excluding carboxylic acids is 2. The number of hydrogen-bond donors (Lipinski definition) is 1. The molecule has 1 aromatic carbocycles. The van der Waals surface area contributed by atoms with Gasteiger partial charge in [-0.3, -0.25) is 9.59 Å². The zero-order valence-electron chi connectivity index (χ0n) is 13.4. The van der Waals surface area contributed by atoms with E-state index in [-0.39, 0.29) is 30.2 Å². The quantitative estimate of drug-likeness (QED) is 0.899. The molecule has 2 aliphatic rings. The zero-order chi connectivity index (χ0) is 16.4. The first-order valence-electron chi connectivity index (χ1n) is 8.16. The molecule has 23 heavy (non-hydrogen) atoms. The van der Waals surface area contributed by atoms with Crippen LogP contribution in [0.3, 0.4) is 0 Å². The number of nitrogens with two attached hydrogens (primary N) is 1. The number of rotatable bonds is 4. The Labute approximate surface area is 136 Å². The molecule has 0 saturated carbocycles. The zero-order valence-corrected chi connectivity index (χ0v) is 13.4. The highest BCUT2D eigenvalue weighted by molar-refractivity contribution is 6.01. The Kier molecular flexibility index (Phi) is 4.52. The lowest BCUT2D eigenvalue weighted by Gasteiger charge is -2.22. The molecule has 1 unspecified atom stereocenters. The SMILES string of the molecule is CCOc1ccccc1N1CC(C(=O)N2CC[C@@H](N)C2)CC1=O. The van der Waals surface area contributed by atoms with Gasteiger partial charge < -0.3 is 20.3 Å². The largest absolute Gasteiger partial charge is 0.492 e. The third-order valence-electron chi connectivity index (χ3n) is 4.47. The number of nitrogens with zero attached hydrogens (tertiary/aromatic N) is 2. The third-order valence-corrected chi connectivity index (χ3v) is 4.47. The number of ether oxygens (including phenoxy) is 1. The molecule has 3 rings (SSSR count). The molecule has 124 valence electrons. The van der Waals surface area contributed by atoms with Crippen LogP contribution < -0.4 is 15.4 Å². The van der Waals surface area contributed by atoms with Crippen LogP contribution in [0, 0.1) is 5.92 Å². The van der Waals surface area contributed by atoms with E-state index < -0.39 is 0 Å². The van der Waals surface area contributed by atoms with E-state index in [1.807, 2.05) is 31.2 Å². The summed E-state index contributed by atoms with van der Waals surface area (Å²) in [5.74, 6) is 0.406. The molecule has 0 aliphatic carbocycles. The maximum Gasteiger partial charge on any atom is 0.228 e. The maximum atomic E-state index is 12.6. The highest BCUT2D eigenvalue weighted by atomic mass is 16.5. The molecule has 0 aromatic heterocycles. The van der Waals surface area contributed by atoms with E-state index in [1.54, 1.807) is 9.80 Å². The van der Waals surface area contributed by atoms with Crippen molar-refractivity contribution in [3.8, 4) is 5.75 Å². The van der Waals surface area contributed by atoms with Crippen molar-refractivity contribution in [2.24, 2.45) is 11.7 Å². The molecule has 0 radical (unpaired) electrons. The first kappa shape index (κ1) is 15.8. The summed E-state index contributed by atoms with van der Waals surface area (Å²) in [5.41, 5.74) is 6.62. The van der Waals surface area contributed by atoms with Gasteiger partial charge in [0.15, 0.2) is 0 Å². The second-order valence-corrected chi connectivity index (χ2v) is 6.14. The van der Waals surface area contributed by atoms with Gasteiger partial charge in [-0.25, -0.2) is 0 Å². The van der Waals surface area contributed by atoms with Crippen molar-refractivity contribution in [3.05, 3.63) is 24.3 Å². The standard InChI is InChI=1S/C17H23N3O3/c1-2-23-15-6-4-3-5-14(15)20-10-12(9-16(20)21)17(22)19-8-7-13(18)11-19/h3-6,12-13H,2,7-11,18H2,1H3/t12?,13-/m1/s1. The molecule has 2 fully saturated rings. The van der Waals surface area contributed by atoms with Crippen LogP contribution in [0.15, 0.2) is 24.3 Å². The lowest BCUT2D eigenvalue weighted by molar-refractivity contribution is -0.134. The minimum absolute atomic E-state index is 0.0287. The predicted molar refractivity (Wildman–Crippen MR) is 87.2 cm³/mol. The fourth-order valence-corrected chi connectivity index (χ4v) is 3.31. The Morgan fingerprint density at radius 2 is 2.13 bits per heavy atom. The molecular weight excluding hydrogens is 294 g/mol. The molecule has 2 saturated heterocycles. The van der Waals surface area contributed by atoms with Crippen molar-refractivity contribution in [3.63, 3.8) is 0 Å². The van der Waals surface area contributed by atoms with Crippen LogP contribution in [0.25, 0.3) is 0 Å². The van der Waals surface area contributed by atoms with Crippen LogP contribution in [0.1, 0.15) is 19.8 Å². The van der Waals surface area contributed by atoms with E-state index in [9.17, 15) is 9.59 Å². The van der Waals surface area contributed by atoms with Crippen LogP contribution in [0.2, 0.25) is 0 Å². The van der Waals surface area contributed by atoms with Crippen LogP contribution in [0.5, 0.6) is 5.75 Å². The van der Waals surface area contributed by atoms with Gasteiger partial charge in [-0.2, -0.15) is 0 Å². The molecular formula is C17H23N3O3. The molecule has 0 spiro atoms. The van der Waals surface area contributed by atoms with Crippen molar-refractivity contribution in [1.82, 2.24) is 4.90 Å². The summed E-state index contributed by atoms with van der Waals surface area (Å²) >= 11 is 0. The first-order valence-corrected chi connectivity index (χ1v) is 8.16. The van der Waals surface area contributed by atoms with E-state index in [2.05, 4.69) is 0 Å². The summed E-state index contributed by atoms with van der Waals surface area (Å²) in [5, 5.41) is 0. The second kappa shape index (κ2) is 6.58. The van der Waals surface area contributed by atoms with Gasteiger partial charge in [-0.15, -0.1) is 0 Å². The smallest absolute Gasteiger partial charge is 0.228 e. The normalized spacial score (nSPS) is 24.3. The van der Waals surface area contributed by atoms with Gasteiger partial charge in [0.25, 0.3) is 0 Å². The molecule has 1 aromatic rings. The Bertz CT molecular complexity index is 605. The number of anilines is 1. The van der Waals surface area contributed by atoms with Crippen molar-refractivity contribution in [1.29, 1.82) is 0 Å². The molecule has 2 aliphatic heterocycles. The van der Waals surface area contributed by atoms with Gasteiger partial charge in [0.1, 0.15) is 5.75 Å². The second-order valence-electron chi connectivity index (χ2n) is 6.14. The summed E-state index contributed by atoms with van der Waals surface area (Å²) in [6, 6.07) is 7.52. The van der Waals surface area contributed by atoms with Gasteiger partial charge in [0, 0.05) is 32.1 Å². The number of benzene rings is 1. The Balaban J connectivity index is 1.74. The fraction of sp³-hybridized carbons (Fsp3) is 0.529. The summed E-state index contributed by atoms with van der Waals surface area (Å²) in [7, 11) is 0. The van der Waals surface area contributed by atoms with Gasteiger partial charge >= 0.3 is 0 Å². The molecule has 6 heteroatoms. The Hall–Kier alpha value is -2.08. The number of amides is 2. The minimum Gasteiger partial charge on any atom is -0.492 e. The average Bonchev–Trinajstić information content (AvgIpc) is 3.14. The maximum absolute atomic E-state index is 12.6. The summed E-state index contributed by atoms with van der Waals surface area (Å²) < 4.78 is 5.60. The van der Waals surface area contributed by atoms with Gasteiger partial charge in [-0.1, -0.05) is 12.1 Å². The van der Waals surface area contributed by atoms with Crippen molar-refractivity contribution < 1.29 is 14.3 Å². The first-order chi connectivity index (χ1) is 11.1. The highest BCUT2D eigenvalue weighted by Gasteiger charge is 2.39. The Morgan fingerprint density at radius 3 is 2.83 bits per heavy atom. The molecule has 0 bridgehead atoms. The summed E-state index contributed by atoms with van der Waals surface area (Å²) in [6.07, 6.45) is 1.09. The van der Waals surface area contributed by atoms with Crippen LogP contribution >= 0.6 is 0 Å². The van der Waals surface area contributed by atoms with Gasteiger partial charge in [0.05, 0.1) is 18.2 Å². The third kappa shape index (κ3) is 3.17. The molecule has 2 atom stereocenters. The average molecular weight is 317 g/mol. The fourth-order valence-electron chi connectivity index (χ4n) is 3.31. The van der Waals surface area contributed by atoms with Crippen LogP contribution in [-0.2, 0) is 9.59 Å². The minimum atomic E-state index is -0.289. The molecule has 2 heterocycles. The van der Waals surface area contributed by atoms with Crippen molar-refractivity contribution in [2.75, 3.05) is 31.1 Å². The summed E-state index contributed by atoms with van der Waals surface area (Å²) in [4.78, 5) is 28.4. The van der Waals surface area contributed by atoms with E-state index in [1.165, 1.54) is 0 Å². The van der Waals surface area contributed by atoms with Gasteiger partial charge in [0.2, 0.25) is 11.8 Å². The molecule has 2 amide bonds. The van der Waals surface area contributed by atoms with E-state index in [0.29, 0.717) is 32.0 Å². The number of carbonyl (C=O) groups is 2. The van der Waals surface area contributed by atoms with Crippen LogP contribution in [-0.4, -0.2) is 49.0 Å². The van der Waals surface area contributed by atoms with E-state index in [0.717, 1.165) is 12.1 Å². The van der Waals surface area contributed by atoms with Crippen molar-refractivity contribution >= 4 is 17.5 Å². The number of hydrogen-bond acceptors (Lipinski definition) is 4. The summed E-state index contributed by atoms with van der Waals surface area (Å²) in [6.45, 7) is 4.14. The molecule has 2 N–H and O–H groups in total. The monoisotopic (exact) mass is 317 g/mol. The number of likely N-dealkylation sites (tertiary alicyclic amines) is 1. The topological polar surface area (TPSA) is 75.9 Å². The molecule has 6 nitrogen and oxygen atoms in total. The Morgan fingerprint density at radius 1 is 1.35 bits per heavy atom. The lowest BCUT2D eigenvalue weighted by Crippen LogP contribution is -2.37. The van der Waals surface area contributed by atoms with Gasteiger partial charge in [-0.05, 0) is 25.5 Å².